The Morgan fingerprint density at radius 3 is 2.32 bits per heavy atom. The molecule has 1 fully saturated rings. The number of piperazine rings is 1. The number of carbonyl (C=O) groups is 1. The lowest BCUT2D eigenvalue weighted by atomic mass is 10.1. The number of nitrogens with one attached hydrogen (secondary N) is 1. The van der Waals surface area contributed by atoms with E-state index in [1.54, 1.807) is 0 Å². The molecular formula is C28H39Cl4N5O. The Bertz CT molecular complexity index is 1150. The summed E-state index contributed by atoms with van der Waals surface area (Å²) in [4.78, 5) is 22.6. The van der Waals surface area contributed by atoms with Gasteiger partial charge in [0.2, 0.25) is 0 Å². The summed E-state index contributed by atoms with van der Waals surface area (Å²) in [5, 5.41) is 3.92. The quantitative estimate of drug-likeness (QED) is 0.292. The lowest BCUT2D eigenvalue weighted by molar-refractivity contribution is 0.0946. The Kier molecular flexibility index (Phi) is 14.5. The smallest absolute Gasteiger partial charge is 0.271 e. The molecule has 0 spiro atoms. The van der Waals surface area contributed by atoms with Crippen LogP contribution in [0.15, 0.2) is 48.5 Å². The second-order valence-electron chi connectivity index (χ2n) is 9.21. The summed E-state index contributed by atoms with van der Waals surface area (Å²) in [7, 11) is 0. The number of rotatable bonds is 9. The molecule has 1 aliphatic heterocycles. The van der Waals surface area contributed by atoms with Crippen LogP contribution in [0, 0.1) is 13.8 Å². The van der Waals surface area contributed by atoms with Crippen molar-refractivity contribution in [3.63, 3.8) is 0 Å². The van der Waals surface area contributed by atoms with Gasteiger partial charge >= 0.3 is 0 Å². The van der Waals surface area contributed by atoms with Crippen LogP contribution in [-0.2, 0) is 6.42 Å². The molecule has 3 aromatic rings. The molecule has 1 aromatic heterocycles. The van der Waals surface area contributed by atoms with Crippen LogP contribution in [-0.4, -0.2) is 59.6 Å². The van der Waals surface area contributed by atoms with Gasteiger partial charge in [-0.25, -0.2) is 4.98 Å². The maximum atomic E-state index is 13.0. The minimum Gasteiger partial charge on any atom is -0.369 e. The van der Waals surface area contributed by atoms with Crippen molar-refractivity contribution in [3.05, 3.63) is 76.3 Å². The summed E-state index contributed by atoms with van der Waals surface area (Å²) in [6.07, 6.45) is 2.74. The number of hydrogen-bond acceptors (Lipinski definition) is 4. The molecule has 0 radical (unpaired) electrons. The van der Waals surface area contributed by atoms with Gasteiger partial charge in [-0.2, -0.15) is 0 Å². The number of halogens is 4. The third-order valence-corrected chi connectivity index (χ3v) is 7.18. The van der Waals surface area contributed by atoms with Crippen molar-refractivity contribution in [2.24, 2.45) is 0 Å². The fourth-order valence-corrected chi connectivity index (χ4v) is 4.99. The Balaban J connectivity index is 0.00000241. The van der Waals surface area contributed by atoms with E-state index >= 15 is 0 Å². The number of anilines is 1. The van der Waals surface area contributed by atoms with Crippen molar-refractivity contribution in [3.8, 4) is 5.69 Å². The molecular weight excluding hydrogens is 564 g/mol. The normalized spacial score (nSPS) is 13.2. The number of para-hydroxylation sites is 1. The zero-order chi connectivity index (χ0) is 24.8. The maximum absolute atomic E-state index is 13.0. The monoisotopic (exact) mass is 601 g/mol. The summed E-state index contributed by atoms with van der Waals surface area (Å²) in [5.74, 6) is 0.852. The van der Waals surface area contributed by atoms with E-state index in [2.05, 4.69) is 51.7 Å². The number of imidazole rings is 1. The number of aryl methyl sites for hydroxylation is 1. The molecule has 1 N–H and O–H groups in total. The van der Waals surface area contributed by atoms with Crippen molar-refractivity contribution in [1.82, 2.24) is 19.8 Å². The van der Waals surface area contributed by atoms with Crippen molar-refractivity contribution in [1.29, 1.82) is 0 Å². The van der Waals surface area contributed by atoms with Crippen LogP contribution in [0.5, 0.6) is 0 Å². The average molecular weight is 603 g/mol. The fraction of sp³-hybridized carbons (Fsp3) is 0.429. The van der Waals surface area contributed by atoms with Crippen LogP contribution in [0.3, 0.4) is 0 Å². The van der Waals surface area contributed by atoms with Gasteiger partial charge in [0.05, 0.1) is 5.69 Å². The SMILES string of the molecule is CCCc1nc(C(=O)NCCCN2CCN(c3cccc(Cl)c3C)CC2)c(C)n1-c1ccccc1.Cl.Cl.Cl. The molecule has 2 heterocycles. The van der Waals surface area contributed by atoms with Crippen molar-refractivity contribution in [2.75, 3.05) is 44.2 Å². The van der Waals surface area contributed by atoms with E-state index < -0.39 is 0 Å². The molecule has 2 aromatic carbocycles. The number of carbonyl (C=O) groups excluding carboxylic acids is 1. The van der Waals surface area contributed by atoms with Crippen LogP contribution < -0.4 is 10.2 Å². The number of benzene rings is 2. The van der Waals surface area contributed by atoms with Gasteiger partial charge in [0.15, 0.2) is 0 Å². The topological polar surface area (TPSA) is 53.4 Å². The first-order chi connectivity index (χ1) is 17.0. The number of hydrogen-bond donors (Lipinski definition) is 1. The van der Waals surface area contributed by atoms with E-state index in [4.69, 9.17) is 16.6 Å². The summed E-state index contributed by atoms with van der Waals surface area (Å²) >= 11 is 6.31. The predicted molar refractivity (Wildman–Crippen MR) is 166 cm³/mol. The van der Waals surface area contributed by atoms with E-state index in [0.29, 0.717) is 12.2 Å². The van der Waals surface area contributed by atoms with Crippen LogP contribution in [0.4, 0.5) is 5.69 Å². The van der Waals surface area contributed by atoms with Gasteiger partial charge in [0.1, 0.15) is 11.5 Å². The van der Waals surface area contributed by atoms with Crippen molar-refractivity contribution < 1.29 is 4.79 Å². The van der Waals surface area contributed by atoms with E-state index in [1.807, 2.05) is 37.3 Å². The highest BCUT2D eigenvalue weighted by Gasteiger charge is 2.21. The average Bonchev–Trinajstić information content (AvgIpc) is 3.20. The van der Waals surface area contributed by atoms with Crippen LogP contribution in [0.1, 0.15) is 47.3 Å². The number of aromatic nitrogens is 2. The minimum atomic E-state index is -0.0872. The Morgan fingerprint density at radius 2 is 1.66 bits per heavy atom. The van der Waals surface area contributed by atoms with Gasteiger partial charge in [-0.05, 0) is 63.1 Å². The van der Waals surface area contributed by atoms with Gasteiger partial charge in [-0.15, -0.1) is 37.2 Å². The molecule has 1 amide bonds. The number of nitrogens with zero attached hydrogens (tertiary/aromatic N) is 4. The molecule has 38 heavy (non-hydrogen) atoms. The molecule has 0 bridgehead atoms. The van der Waals surface area contributed by atoms with Gasteiger partial charge in [0.25, 0.3) is 5.91 Å². The molecule has 0 aliphatic carbocycles. The Morgan fingerprint density at radius 1 is 0.974 bits per heavy atom. The zero-order valence-electron chi connectivity index (χ0n) is 22.3. The van der Waals surface area contributed by atoms with Gasteiger partial charge in [0, 0.05) is 55.5 Å². The Hall–Kier alpha value is -1.96. The molecule has 0 unspecified atom stereocenters. The number of amides is 1. The Labute approximate surface area is 250 Å². The summed E-state index contributed by atoms with van der Waals surface area (Å²) in [6, 6.07) is 16.3. The minimum absolute atomic E-state index is 0. The molecule has 10 heteroatoms. The first kappa shape index (κ1) is 34.1. The highest BCUT2D eigenvalue weighted by molar-refractivity contribution is 6.31. The molecule has 0 atom stereocenters. The van der Waals surface area contributed by atoms with E-state index in [-0.39, 0.29) is 43.1 Å². The van der Waals surface area contributed by atoms with Crippen LogP contribution >= 0.6 is 48.8 Å². The van der Waals surface area contributed by atoms with E-state index in [0.717, 1.165) is 79.8 Å². The first-order valence-electron chi connectivity index (χ1n) is 12.6. The van der Waals surface area contributed by atoms with Gasteiger partial charge in [-0.1, -0.05) is 42.8 Å². The maximum Gasteiger partial charge on any atom is 0.271 e. The fourth-order valence-electron chi connectivity index (χ4n) is 4.82. The molecule has 4 rings (SSSR count). The van der Waals surface area contributed by atoms with E-state index in [1.165, 1.54) is 5.69 Å². The lowest BCUT2D eigenvalue weighted by Crippen LogP contribution is -2.47. The van der Waals surface area contributed by atoms with E-state index in [9.17, 15) is 4.79 Å². The van der Waals surface area contributed by atoms with Crippen molar-refractivity contribution in [2.45, 2.75) is 40.0 Å². The molecule has 1 aliphatic rings. The zero-order valence-corrected chi connectivity index (χ0v) is 25.5. The van der Waals surface area contributed by atoms with Crippen molar-refractivity contribution >= 4 is 60.4 Å². The molecule has 0 saturated carbocycles. The predicted octanol–water partition coefficient (Wildman–Crippen LogP) is 6.30. The summed E-state index contributed by atoms with van der Waals surface area (Å²) < 4.78 is 2.11. The molecule has 1 saturated heterocycles. The highest BCUT2D eigenvalue weighted by Crippen LogP contribution is 2.27. The largest absolute Gasteiger partial charge is 0.369 e. The summed E-state index contributed by atoms with van der Waals surface area (Å²) in [6.45, 7) is 11.8. The molecule has 6 nitrogen and oxygen atoms in total. The second-order valence-corrected chi connectivity index (χ2v) is 9.61. The van der Waals surface area contributed by atoms with Crippen LogP contribution in [0.2, 0.25) is 5.02 Å². The molecule has 210 valence electrons. The summed E-state index contributed by atoms with van der Waals surface area (Å²) in [5.41, 5.74) is 4.86. The van der Waals surface area contributed by atoms with Crippen LogP contribution in [0.25, 0.3) is 5.69 Å². The van der Waals surface area contributed by atoms with Gasteiger partial charge in [-0.3, -0.25) is 9.69 Å². The third kappa shape index (κ3) is 8.03. The first-order valence-corrected chi connectivity index (χ1v) is 13.0. The highest BCUT2D eigenvalue weighted by atomic mass is 35.5. The third-order valence-electron chi connectivity index (χ3n) is 6.77. The standard InChI is InChI=1S/C28H36ClN5O.3ClH/c1-4-10-26-31-27(22(3)34(26)23-11-6-5-7-12-23)28(35)30-15-9-16-32-17-19-33(20-18-32)25-14-8-13-24(29)21(25)2;;;/h5-8,11-14H,4,9-10,15-20H2,1-3H3,(H,30,35);3*1H. The lowest BCUT2D eigenvalue weighted by Gasteiger charge is -2.37. The second kappa shape index (κ2) is 16.2. The van der Waals surface area contributed by atoms with Gasteiger partial charge < -0.3 is 14.8 Å².